The van der Waals surface area contributed by atoms with E-state index < -0.39 is 6.10 Å². The van der Waals surface area contributed by atoms with Crippen molar-refractivity contribution in [1.29, 1.82) is 0 Å². The Morgan fingerprint density at radius 2 is 1.95 bits per heavy atom. The number of rotatable bonds is 6. The van der Waals surface area contributed by atoms with E-state index in [0.29, 0.717) is 25.0 Å². The van der Waals surface area contributed by atoms with Crippen LogP contribution in [0.4, 0.5) is 0 Å². The number of aliphatic hydroxyl groups is 1. The zero-order chi connectivity index (χ0) is 15.3. The average molecular weight is 286 g/mol. The number of amides is 1. The van der Waals surface area contributed by atoms with Gasteiger partial charge in [0, 0.05) is 26.7 Å². The number of piperidine rings is 1. The van der Waals surface area contributed by atoms with Gasteiger partial charge in [-0.15, -0.1) is 0 Å². The van der Waals surface area contributed by atoms with Crippen molar-refractivity contribution in [1.82, 2.24) is 9.80 Å². The fraction of sp³-hybridized carbons (Fsp3) is 0.933. The summed E-state index contributed by atoms with van der Waals surface area (Å²) in [6.45, 7) is 8.75. The Balaban J connectivity index is 2.52. The van der Waals surface area contributed by atoms with Crippen LogP contribution < -0.4 is 0 Å². The lowest BCUT2D eigenvalue weighted by atomic mass is 9.91. The number of likely N-dealkylation sites (tertiary alicyclic amines) is 1. The summed E-state index contributed by atoms with van der Waals surface area (Å²) >= 11 is 0. The maximum atomic E-state index is 12.5. The van der Waals surface area contributed by atoms with Crippen molar-refractivity contribution in [2.75, 3.05) is 40.4 Å². The molecule has 1 fully saturated rings. The first-order chi connectivity index (χ1) is 9.35. The average Bonchev–Trinajstić information content (AvgIpc) is 2.35. The molecule has 118 valence electrons. The molecule has 1 N–H and O–H groups in total. The summed E-state index contributed by atoms with van der Waals surface area (Å²) in [4.78, 5) is 16.4. The molecule has 5 nitrogen and oxygen atoms in total. The van der Waals surface area contributed by atoms with Crippen LogP contribution >= 0.6 is 0 Å². The Bertz CT molecular complexity index is 301. The van der Waals surface area contributed by atoms with Gasteiger partial charge in [0.2, 0.25) is 5.91 Å². The Labute approximate surface area is 122 Å². The van der Waals surface area contributed by atoms with E-state index in [-0.39, 0.29) is 11.9 Å². The van der Waals surface area contributed by atoms with Gasteiger partial charge in [-0.1, -0.05) is 13.8 Å². The van der Waals surface area contributed by atoms with Gasteiger partial charge in [-0.2, -0.15) is 0 Å². The molecule has 1 aliphatic rings. The summed E-state index contributed by atoms with van der Waals surface area (Å²) in [7, 11) is 3.44. The number of carbonyl (C=O) groups excluding carboxylic acids is 1. The highest BCUT2D eigenvalue weighted by molar-refractivity contribution is 5.81. The largest absolute Gasteiger partial charge is 0.389 e. The zero-order valence-corrected chi connectivity index (χ0v) is 13.5. The third kappa shape index (κ3) is 5.04. The quantitative estimate of drug-likeness (QED) is 0.785. The monoisotopic (exact) mass is 286 g/mol. The first kappa shape index (κ1) is 17.4. The molecule has 0 aromatic rings. The molecule has 0 bridgehead atoms. The van der Waals surface area contributed by atoms with Crippen LogP contribution in [0.1, 0.15) is 27.2 Å². The summed E-state index contributed by atoms with van der Waals surface area (Å²) in [5.74, 6) is 1.30. The first-order valence-corrected chi connectivity index (χ1v) is 7.51. The van der Waals surface area contributed by atoms with Gasteiger partial charge in [0.15, 0.2) is 0 Å². The molecule has 0 spiro atoms. The molecule has 1 aliphatic heterocycles. The molecule has 1 rings (SSSR count). The molecule has 0 radical (unpaired) electrons. The van der Waals surface area contributed by atoms with Gasteiger partial charge >= 0.3 is 0 Å². The number of hydrogen-bond acceptors (Lipinski definition) is 4. The van der Waals surface area contributed by atoms with Crippen molar-refractivity contribution in [3.63, 3.8) is 0 Å². The predicted octanol–water partition coefficient (Wildman–Crippen LogP) is 0.819. The Morgan fingerprint density at radius 1 is 1.40 bits per heavy atom. The summed E-state index contributed by atoms with van der Waals surface area (Å²) in [6, 6.07) is -0.209. The molecule has 4 atom stereocenters. The second-order valence-corrected chi connectivity index (χ2v) is 6.41. The van der Waals surface area contributed by atoms with Crippen molar-refractivity contribution >= 4 is 5.91 Å². The van der Waals surface area contributed by atoms with E-state index in [1.807, 2.05) is 23.8 Å². The van der Waals surface area contributed by atoms with Crippen LogP contribution in [0.2, 0.25) is 0 Å². The van der Waals surface area contributed by atoms with Gasteiger partial charge in [-0.3, -0.25) is 9.69 Å². The van der Waals surface area contributed by atoms with E-state index in [2.05, 4.69) is 13.8 Å². The lowest BCUT2D eigenvalue weighted by Gasteiger charge is -2.38. The molecule has 4 unspecified atom stereocenters. The minimum absolute atomic E-state index is 0.163. The van der Waals surface area contributed by atoms with Gasteiger partial charge in [0.05, 0.1) is 18.8 Å². The fourth-order valence-corrected chi connectivity index (χ4v) is 3.03. The van der Waals surface area contributed by atoms with Gasteiger partial charge in [0.25, 0.3) is 0 Å². The second-order valence-electron chi connectivity index (χ2n) is 6.41. The molecule has 0 aromatic heterocycles. The Kier molecular flexibility index (Phi) is 6.92. The normalized spacial score (nSPS) is 26.6. The van der Waals surface area contributed by atoms with Crippen LogP contribution in [0.25, 0.3) is 0 Å². The molecule has 1 saturated heterocycles. The minimum atomic E-state index is -0.556. The lowest BCUT2D eigenvalue weighted by Crippen LogP contribution is -2.51. The number of nitrogens with zero attached hydrogens (tertiary/aromatic N) is 2. The molecule has 1 amide bonds. The first-order valence-electron chi connectivity index (χ1n) is 7.51. The van der Waals surface area contributed by atoms with E-state index in [0.717, 1.165) is 13.1 Å². The maximum Gasteiger partial charge on any atom is 0.239 e. The molecule has 0 aliphatic carbocycles. The van der Waals surface area contributed by atoms with E-state index >= 15 is 0 Å². The lowest BCUT2D eigenvalue weighted by molar-refractivity contribution is -0.139. The van der Waals surface area contributed by atoms with Crippen LogP contribution in [-0.2, 0) is 9.53 Å². The van der Waals surface area contributed by atoms with Gasteiger partial charge < -0.3 is 14.7 Å². The number of aliphatic hydroxyl groups excluding tert-OH is 1. The van der Waals surface area contributed by atoms with Crippen molar-refractivity contribution in [2.45, 2.75) is 39.3 Å². The topological polar surface area (TPSA) is 53.0 Å². The van der Waals surface area contributed by atoms with Gasteiger partial charge in [-0.05, 0) is 32.2 Å². The molecular weight excluding hydrogens is 256 g/mol. The number of hydrogen-bond donors (Lipinski definition) is 1. The van der Waals surface area contributed by atoms with Crippen LogP contribution in [-0.4, -0.2) is 73.4 Å². The smallest absolute Gasteiger partial charge is 0.239 e. The minimum Gasteiger partial charge on any atom is -0.389 e. The highest BCUT2D eigenvalue weighted by atomic mass is 16.5. The highest BCUT2D eigenvalue weighted by Crippen LogP contribution is 2.22. The zero-order valence-electron chi connectivity index (χ0n) is 13.5. The Hall–Kier alpha value is -0.650. The van der Waals surface area contributed by atoms with Crippen LogP contribution in [0.3, 0.4) is 0 Å². The molecule has 0 aromatic carbocycles. The molecular formula is C15H30N2O3. The SMILES string of the molecule is COCC(O)CN(C)C(C)C(=O)N1CC(C)CC(C)C1. The van der Waals surface area contributed by atoms with Crippen molar-refractivity contribution in [3.8, 4) is 0 Å². The highest BCUT2D eigenvalue weighted by Gasteiger charge is 2.30. The summed E-state index contributed by atoms with van der Waals surface area (Å²) in [5.41, 5.74) is 0. The third-order valence-corrected chi connectivity index (χ3v) is 4.06. The van der Waals surface area contributed by atoms with Crippen molar-refractivity contribution < 1.29 is 14.6 Å². The molecule has 5 heteroatoms. The third-order valence-electron chi connectivity index (χ3n) is 4.06. The molecule has 1 heterocycles. The molecule has 0 saturated carbocycles. The van der Waals surface area contributed by atoms with E-state index in [4.69, 9.17) is 4.74 Å². The predicted molar refractivity (Wildman–Crippen MR) is 79.5 cm³/mol. The standard InChI is InChI=1S/C15H30N2O3/c1-11-6-12(2)8-17(7-11)15(19)13(3)16(4)9-14(18)10-20-5/h11-14,18H,6-10H2,1-5H3. The van der Waals surface area contributed by atoms with Gasteiger partial charge in [0.1, 0.15) is 0 Å². The summed E-state index contributed by atoms with van der Waals surface area (Å²) in [5, 5.41) is 9.75. The van der Waals surface area contributed by atoms with E-state index in [1.165, 1.54) is 6.42 Å². The van der Waals surface area contributed by atoms with E-state index in [1.54, 1.807) is 7.11 Å². The summed E-state index contributed by atoms with van der Waals surface area (Å²) in [6.07, 6.45) is 0.639. The molecule has 20 heavy (non-hydrogen) atoms. The number of ether oxygens (including phenoxy) is 1. The number of methoxy groups -OCH3 is 1. The van der Waals surface area contributed by atoms with Crippen LogP contribution in [0.15, 0.2) is 0 Å². The fourth-order valence-electron chi connectivity index (χ4n) is 3.03. The second kappa shape index (κ2) is 7.96. The number of carbonyl (C=O) groups is 1. The van der Waals surface area contributed by atoms with E-state index in [9.17, 15) is 9.90 Å². The maximum absolute atomic E-state index is 12.5. The van der Waals surface area contributed by atoms with Gasteiger partial charge in [-0.25, -0.2) is 0 Å². The Morgan fingerprint density at radius 3 is 2.45 bits per heavy atom. The number of likely N-dealkylation sites (N-methyl/N-ethyl adjacent to an activating group) is 1. The summed E-state index contributed by atoms with van der Waals surface area (Å²) < 4.78 is 4.92. The van der Waals surface area contributed by atoms with Crippen molar-refractivity contribution in [2.24, 2.45) is 11.8 Å². The van der Waals surface area contributed by atoms with Crippen LogP contribution in [0, 0.1) is 11.8 Å². The van der Waals surface area contributed by atoms with Crippen molar-refractivity contribution in [3.05, 3.63) is 0 Å². The van der Waals surface area contributed by atoms with Crippen LogP contribution in [0.5, 0.6) is 0 Å².